The minimum atomic E-state index is -0.101. The summed E-state index contributed by atoms with van der Waals surface area (Å²) in [7, 11) is 5.56. The molecule has 47 heavy (non-hydrogen) atoms. The van der Waals surface area contributed by atoms with Gasteiger partial charge in [-0.25, -0.2) is 4.99 Å². The second-order valence-corrected chi connectivity index (χ2v) is 12.2. The number of hydrogen-bond acceptors (Lipinski definition) is 7. The Balaban J connectivity index is 1.08. The molecule has 1 aliphatic carbocycles. The summed E-state index contributed by atoms with van der Waals surface area (Å²) in [6.45, 7) is 3.74. The number of likely N-dealkylation sites (tertiary alicyclic amines) is 1. The topological polar surface area (TPSA) is 102 Å². The van der Waals surface area contributed by atoms with Gasteiger partial charge in [-0.1, -0.05) is 36.4 Å². The molecule has 2 aliphatic heterocycles. The molecule has 2 aromatic heterocycles. The summed E-state index contributed by atoms with van der Waals surface area (Å²) < 4.78 is 9.48. The highest BCUT2D eigenvalue weighted by Crippen LogP contribution is 2.39. The van der Waals surface area contributed by atoms with E-state index in [2.05, 4.69) is 51.0 Å². The van der Waals surface area contributed by atoms with Crippen molar-refractivity contribution in [2.45, 2.75) is 25.7 Å². The lowest BCUT2D eigenvalue weighted by molar-refractivity contribution is 0.0949. The lowest BCUT2D eigenvalue weighted by Crippen LogP contribution is -2.33. The number of ether oxygens (including phenoxy) is 1. The number of fused-ring (bicyclic) bond motifs is 2. The fourth-order valence-corrected chi connectivity index (χ4v) is 6.64. The van der Waals surface area contributed by atoms with Crippen molar-refractivity contribution < 1.29 is 9.53 Å². The smallest absolute Gasteiger partial charge is 0.251 e. The number of anilines is 1. The van der Waals surface area contributed by atoms with E-state index in [1.165, 1.54) is 12.8 Å². The van der Waals surface area contributed by atoms with Crippen molar-refractivity contribution in [1.29, 1.82) is 0 Å². The number of aliphatic imine (C=N–C) groups is 1. The first-order valence-electron chi connectivity index (χ1n) is 16.2. The van der Waals surface area contributed by atoms with Gasteiger partial charge in [-0.05, 0) is 79.8 Å². The lowest BCUT2D eigenvalue weighted by atomic mass is 9.86. The largest absolute Gasteiger partial charge is 0.495 e. The molecule has 0 unspecified atom stereocenters. The fraction of sp³-hybridized carbons (Fsp3) is 0.297. The van der Waals surface area contributed by atoms with Crippen LogP contribution in [-0.2, 0) is 20.5 Å². The number of aryl methyl sites for hydroxylation is 3. The van der Waals surface area contributed by atoms with Crippen LogP contribution < -0.4 is 15.4 Å². The molecule has 1 saturated heterocycles. The summed E-state index contributed by atoms with van der Waals surface area (Å²) in [6, 6.07) is 14.1. The number of methoxy groups -OCH3 is 1. The highest BCUT2D eigenvalue weighted by atomic mass is 16.5. The number of carbonyl (C=O) groups is 1. The summed E-state index contributed by atoms with van der Waals surface area (Å²) in [5.74, 6) is 1.16. The molecule has 2 N–H and O–H groups in total. The van der Waals surface area contributed by atoms with E-state index >= 15 is 0 Å². The van der Waals surface area contributed by atoms with E-state index < -0.39 is 0 Å². The highest BCUT2D eigenvalue weighted by molar-refractivity contribution is 6.00. The quantitative estimate of drug-likeness (QED) is 0.250. The van der Waals surface area contributed by atoms with Gasteiger partial charge in [0, 0.05) is 61.9 Å². The molecular formula is C37H40N8O2. The molecule has 3 aliphatic rings. The number of benzene rings is 2. The Morgan fingerprint density at radius 3 is 2.57 bits per heavy atom. The van der Waals surface area contributed by atoms with Gasteiger partial charge in [0.15, 0.2) is 0 Å². The molecule has 0 spiro atoms. The third-order valence-electron chi connectivity index (χ3n) is 9.08. The molecule has 0 bridgehead atoms. The van der Waals surface area contributed by atoms with E-state index in [-0.39, 0.29) is 5.91 Å². The molecule has 240 valence electrons. The van der Waals surface area contributed by atoms with Crippen molar-refractivity contribution >= 4 is 23.4 Å². The zero-order chi connectivity index (χ0) is 32.3. The van der Waals surface area contributed by atoms with E-state index in [9.17, 15) is 4.79 Å². The summed E-state index contributed by atoms with van der Waals surface area (Å²) in [4.78, 5) is 20.0. The van der Waals surface area contributed by atoms with E-state index in [0.29, 0.717) is 23.7 Å². The monoisotopic (exact) mass is 628 g/mol. The summed E-state index contributed by atoms with van der Waals surface area (Å²) in [6.07, 6.45) is 16.2. The first-order chi connectivity index (χ1) is 23.0. The Morgan fingerprint density at radius 1 is 1.00 bits per heavy atom. The Hall–Kier alpha value is -5.22. The van der Waals surface area contributed by atoms with E-state index in [1.54, 1.807) is 13.2 Å². The lowest BCUT2D eigenvalue weighted by Gasteiger charge is -2.19. The first-order valence-corrected chi connectivity index (χ1v) is 16.2. The van der Waals surface area contributed by atoms with Crippen LogP contribution >= 0.6 is 0 Å². The number of hydrogen-bond donors (Lipinski definition) is 2. The third-order valence-corrected chi connectivity index (χ3v) is 9.08. The molecule has 1 amide bonds. The van der Waals surface area contributed by atoms with Crippen molar-refractivity contribution in [3.05, 3.63) is 101 Å². The van der Waals surface area contributed by atoms with Gasteiger partial charge in [0.25, 0.3) is 5.91 Å². The van der Waals surface area contributed by atoms with Crippen LogP contribution in [0, 0.1) is 0 Å². The summed E-state index contributed by atoms with van der Waals surface area (Å²) in [5, 5.41) is 15.7. The van der Waals surface area contributed by atoms with Gasteiger partial charge in [0.05, 0.1) is 30.4 Å². The average Bonchev–Trinajstić information content (AvgIpc) is 3.83. The van der Waals surface area contributed by atoms with Crippen LogP contribution in [0.5, 0.6) is 5.75 Å². The average molecular weight is 629 g/mol. The zero-order valence-electron chi connectivity index (χ0n) is 27.2. The molecule has 0 atom stereocenters. The van der Waals surface area contributed by atoms with Crippen LogP contribution in [0.25, 0.3) is 28.0 Å². The molecule has 0 radical (unpaired) electrons. The van der Waals surface area contributed by atoms with E-state index in [4.69, 9.17) is 14.8 Å². The van der Waals surface area contributed by atoms with E-state index in [1.807, 2.05) is 66.4 Å². The molecule has 10 nitrogen and oxygen atoms in total. The predicted molar refractivity (Wildman–Crippen MR) is 186 cm³/mol. The van der Waals surface area contributed by atoms with Gasteiger partial charge in [0.2, 0.25) is 0 Å². The molecule has 2 aromatic carbocycles. The molecule has 4 aromatic rings. The van der Waals surface area contributed by atoms with Gasteiger partial charge in [-0.2, -0.15) is 10.2 Å². The van der Waals surface area contributed by atoms with Gasteiger partial charge >= 0.3 is 0 Å². The number of carbonyl (C=O) groups excluding carboxylic acids is 1. The maximum absolute atomic E-state index is 12.8. The van der Waals surface area contributed by atoms with Crippen molar-refractivity contribution in [2.24, 2.45) is 19.1 Å². The Bertz CT molecular complexity index is 1920. The predicted octanol–water partition coefficient (Wildman–Crippen LogP) is 5.62. The minimum Gasteiger partial charge on any atom is -0.495 e. The van der Waals surface area contributed by atoms with Crippen LogP contribution in [0.2, 0.25) is 0 Å². The molecule has 0 saturated carbocycles. The highest BCUT2D eigenvalue weighted by Gasteiger charge is 2.26. The summed E-state index contributed by atoms with van der Waals surface area (Å²) >= 11 is 0. The number of aromatic nitrogens is 4. The number of nitrogens with one attached hydrogen (secondary N) is 2. The van der Waals surface area contributed by atoms with Gasteiger partial charge in [-0.3, -0.25) is 14.2 Å². The van der Waals surface area contributed by atoms with Crippen molar-refractivity contribution in [3.8, 4) is 28.1 Å². The second kappa shape index (κ2) is 13.3. The Kier molecular flexibility index (Phi) is 8.58. The first kappa shape index (κ1) is 30.4. The number of rotatable bonds is 9. The Labute approximate surface area is 275 Å². The van der Waals surface area contributed by atoms with Crippen molar-refractivity contribution in [1.82, 2.24) is 29.8 Å². The van der Waals surface area contributed by atoms with Crippen LogP contribution in [0.4, 0.5) is 5.69 Å². The van der Waals surface area contributed by atoms with Gasteiger partial charge in [-0.15, -0.1) is 0 Å². The summed E-state index contributed by atoms with van der Waals surface area (Å²) in [5.41, 5.74) is 10.3. The molecular weight excluding hydrogens is 588 g/mol. The fourth-order valence-electron chi connectivity index (χ4n) is 6.64. The molecule has 10 heteroatoms. The number of nitrogens with zero attached hydrogens (tertiary/aromatic N) is 6. The van der Waals surface area contributed by atoms with Crippen LogP contribution in [0.15, 0.2) is 89.5 Å². The normalized spacial score (nSPS) is 18.4. The molecule has 4 heterocycles. The van der Waals surface area contributed by atoms with Crippen LogP contribution in [0.3, 0.4) is 0 Å². The Morgan fingerprint density at radius 2 is 1.81 bits per heavy atom. The van der Waals surface area contributed by atoms with Crippen LogP contribution in [0.1, 0.15) is 40.9 Å². The van der Waals surface area contributed by atoms with Gasteiger partial charge < -0.3 is 20.3 Å². The maximum Gasteiger partial charge on any atom is 0.251 e. The number of amides is 1. The standard InChI is InChI=1S/C37H40N8O2/c1-43-24-29(23-40-43)25-9-11-26(12-10-25)36-35-30-7-6-8-34(39-22-28(30)14-16-32(35)42-44(36)2)41-31-15-13-27(21-33(31)47-3)37(46)38-17-20-45-18-4-5-19-45/h6-13,15,21-24H,4-5,14,16-20H2,1-3H3,(H,38,46)(H,39,41). The van der Waals surface area contributed by atoms with Crippen molar-refractivity contribution in [2.75, 3.05) is 38.6 Å². The van der Waals surface area contributed by atoms with Gasteiger partial charge in [0.1, 0.15) is 11.6 Å². The molecule has 7 rings (SSSR count). The van der Waals surface area contributed by atoms with Crippen LogP contribution in [-0.4, -0.2) is 69.9 Å². The third kappa shape index (κ3) is 6.41. The molecule has 1 fully saturated rings. The minimum absolute atomic E-state index is 0.101. The van der Waals surface area contributed by atoms with Crippen molar-refractivity contribution in [3.63, 3.8) is 0 Å². The van der Waals surface area contributed by atoms with E-state index in [0.717, 1.165) is 83.0 Å². The second-order valence-electron chi connectivity index (χ2n) is 12.2. The SMILES string of the molecule is COc1cc(C(=O)NCCN2CCCC2)ccc1NC1=C/C=C/C2=C(/C=N\1)CCc1nn(C)c(-c3ccc(-c4cnn(C)c4)cc3)c12. The maximum atomic E-state index is 12.8. The number of allylic oxidation sites excluding steroid dienone is 5. The zero-order valence-corrected chi connectivity index (χ0v) is 27.2.